The Kier molecular flexibility index (Phi) is 2.69. The molecule has 0 saturated heterocycles. The van der Waals surface area contributed by atoms with Crippen LogP contribution in [0.2, 0.25) is 0 Å². The fourth-order valence-electron chi connectivity index (χ4n) is 3.22. The molecule has 0 amide bonds. The van der Waals surface area contributed by atoms with Crippen LogP contribution in [-0.2, 0) is 0 Å². The second-order valence-electron chi connectivity index (χ2n) is 5.94. The van der Waals surface area contributed by atoms with E-state index in [-0.39, 0.29) is 11.8 Å². The summed E-state index contributed by atoms with van der Waals surface area (Å²) in [4.78, 5) is 0. The maximum Gasteiger partial charge on any atom is 0.254 e. The molecule has 1 N–H and O–H groups in total. The molecule has 3 atom stereocenters. The van der Waals surface area contributed by atoms with Gasteiger partial charge in [-0.2, -0.15) is 0 Å². The van der Waals surface area contributed by atoms with Gasteiger partial charge in [-0.25, -0.2) is 8.78 Å². The fourth-order valence-corrected chi connectivity index (χ4v) is 3.22. The summed E-state index contributed by atoms with van der Waals surface area (Å²) in [6.45, 7) is 1.12. The standard InChI is InChI=1S/C13H21F2N/c14-13(15)11-3-1-2-10(6-7-12(11)13)16-8-9-4-5-9/h9-12,16H,1-8H2. The highest BCUT2D eigenvalue weighted by atomic mass is 19.3. The van der Waals surface area contributed by atoms with E-state index in [2.05, 4.69) is 5.32 Å². The second-order valence-corrected chi connectivity index (χ2v) is 5.94. The highest BCUT2D eigenvalue weighted by molar-refractivity contribution is 5.05. The number of fused-ring (bicyclic) bond motifs is 1. The van der Waals surface area contributed by atoms with E-state index in [1.807, 2.05) is 0 Å². The molecule has 0 aromatic carbocycles. The van der Waals surface area contributed by atoms with Gasteiger partial charge in [0.05, 0.1) is 0 Å². The Bertz CT molecular complexity index is 263. The zero-order chi connectivity index (χ0) is 11.2. The zero-order valence-electron chi connectivity index (χ0n) is 9.72. The summed E-state index contributed by atoms with van der Waals surface area (Å²) < 4.78 is 26.6. The van der Waals surface area contributed by atoms with E-state index in [4.69, 9.17) is 0 Å². The molecular formula is C13H21F2N. The van der Waals surface area contributed by atoms with Gasteiger partial charge in [0, 0.05) is 17.9 Å². The lowest BCUT2D eigenvalue weighted by Crippen LogP contribution is -2.31. The normalized spacial score (nSPS) is 42.0. The first-order valence-electron chi connectivity index (χ1n) is 6.79. The maximum absolute atomic E-state index is 13.3. The minimum Gasteiger partial charge on any atom is -0.314 e. The smallest absolute Gasteiger partial charge is 0.254 e. The van der Waals surface area contributed by atoms with Crippen molar-refractivity contribution < 1.29 is 8.78 Å². The SMILES string of the molecule is FC1(F)C2CCCC(NCC3CC3)CCC21. The molecule has 0 aromatic rings. The van der Waals surface area contributed by atoms with Crippen LogP contribution in [0.4, 0.5) is 8.78 Å². The van der Waals surface area contributed by atoms with Gasteiger partial charge in [-0.1, -0.05) is 6.42 Å². The Morgan fingerprint density at radius 2 is 1.69 bits per heavy atom. The first-order valence-corrected chi connectivity index (χ1v) is 6.79. The molecule has 1 nitrogen and oxygen atoms in total. The molecule has 3 rings (SSSR count). The summed E-state index contributed by atoms with van der Waals surface area (Å²) in [7, 11) is 0. The van der Waals surface area contributed by atoms with E-state index in [0.717, 1.165) is 44.6 Å². The third-order valence-electron chi connectivity index (χ3n) is 4.65. The van der Waals surface area contributed by atoms with Gasteiger partial charge in [-0.3, -0.25) is 0 Å². The van der Waals surface area contributed by atoms with Crippen molar-refractivity contribution in [1.29, 1.82) is 0 Å². The number of halogens is 2. The van der Waals surface area contributed by atoms with E-state index >= 15 is 0 Å². The van der Waals surface area contributed by atoms with Crippen LogP contribution in [0.25, 0.3) is 0 Å². The van der Waals surface area contributed by atoms with Crippen LogP contribution >= 0.6 is 0 Å². The summed E-state index contributed by atoms with van der Waals surface area (Å²) in [6, 6.07) is 0.512. The third-order valence-corrected chi connectivity index (χ3v) is 4.65. The van der Waals surface area contributed by atoms with Crippen molar-refractivity contribution in [1.82, 2.24) is 5.32 Å². The molecule has 3 aliphatic rings. The van der Waals surface area contributed by atoms with Crippen molar-refractivity contribution in [3.63, 3.8) is 0 Å². The van der Waals surface area contributed by atoms with Crippen molar-refractivity contribution in [2.75, 3.05) is 6.54 Å². The average molecular weight is 229 g/mol. The molecule has 0 spiro atoms. The molecule has 0 aliphatic heterocycles. The number of hydrogen-bond donors (Lipinski definition) is 1. The fraction of sp³-hybridized carbons (Fsp3) is 1.00. The minimum absolute atomic E-state index is 0.267. The predicted molar refractivity (Wildman–Crippen MR) is 59.5 cm³/mol. The predicted octanol–water partition coefficient (Wildman–Crippen LogP) is 3.20. The van der Waals surface area contributed by atoms with E-state index in [0.29, 0.717) is 6.04 Å². The topological polar surface area (TPSA) is 12.0 Å². The minimum atomic E-state index is -2.31. The summed E-state index contributed by atoms with van der Waals surface area (Å²) in [6.07, 6.45) is 7.26. The molecule has 3 unspecified atom stereocenters. The first kappa shape index (κ1) is 10.9. The van der Waals surface area contributed by atoms with Crippen LogP contribution < -0.4 is 5.32 Å². The second kappa shape index (κ2) is 3.94. The van der Waals surface area contributed by atoms with Crippen molar-refractivity contribution in [2.24, 2.45) is 17.8 Å². The monoisotopic (exact) mass is 229 g/mol. The quantitative estimate of drug-likeness (QED) is 0.783. The van der Waals surface area contributed by atoms with Crippen molar-refractivity contribution in [3.05, 3.63) is 0 Å². The molecular weight excluding hydrogens is 208 g/mol. The highest BCUT2D eigenvalue weighted by Crippen LogP contribution is 2.60. The average Bonchev–Trinajstić information content (AvgIpc) is 3.06. The van der Waals surface area contributed by atoms with Gasteiger partial charge in [-0.15, -0.1) is 0 Å². The number of alkyl halides is 2. The highest BCUT2D eigenvalue weighted by Gasteiger charge is 2.66. The van der Waals surface area contributed by atoms with Crippen LogP contribution in [0, 0.1) is 17.8 Å². The van der Waals surface area contributed by atoms with Gasteiger partial charge in [0.2, 0.25) is 0 Å². The molecule has 3 heteroatoms. The van der Waals surface area contributed by atoms with Crippen LogP contribution in [0.5, 0.6) is 0 Å². The lowest BCUT2D eigenvalue weighted by molar-refractivity contribution is 0.0817. The Hall–Kier alpha value is -0.180. The maximum atomic E-state index is 13.3. The number of rotatable bonds is 3. The summed E-state index contributed by atoms with van der Waals surface area (Å²) in [5.41, 5.74) is 0. The summed E-state index contributed by atoms with van der Waals surface area (Å²) >= 11 is 0. The van der Waals surface area contributed by atoms with Gasteiger partial charge in [0.1, 0.15) is 0 Å². The van der Waals surface area contributed by atoms with Crippen molar-refractivity contribution in [2.45, 2.75) is 56.9 Å². The zero-order valence-corrected chi connectivity index (χ0v) is 9.72. The van der Waals surface area contributed by atoms with Gasteiger partial charge in [-0.05, 0) is 51.0 Å². The van der Waals surface area contributed by atoms with E-state index in [1.165, 1.54) is 12.8 Å². The largest absolute Gasteiger partial charge is 0.314 e. The van der Waals surface area contributed by atoms with Gasteiger partial charge in [0.25, 0.3) is 5.92 Å². The molecule has 3 aliphatic carbocycles. The molecule has 92 valence electrons. The van der Waals surface area contributed by atoms with Gasteiger partial charge in [0.15, 0.2) is 0 Å². The lowest BCUT2D eigenvalue weighted by Gasteiger charge is -2.20. The lowest BCUT2D eigenvalue weighted by atomic mass is 9.97. The van der Waals surface area contributed by atoms with Gasteiger partial charge < -0.3 is 5.32 Å². The third kappa shape index (κ3) is 2.11. The number of nitrogens with one attached hydrogen (secondary N) is 1. The van der Waals surface area contributed by atoms with E-state index in [9.17, 15) is 8.78 Å². The molecule has 0 heterocycles. The molecule has 0 aromatic heterocycles. The summed E-state index contributed by atoms with van der Waals surface area (Å²) in [5, 5.41) is 3.57. The molecule has 0 radical (unpaired) electrons. The Morgan fingerprint density at radius 1 is 0.938 bits per heavy atom. The van der Waals surface area contributed by atoms with E-state index < -0.39 is 5.92 Å². The summed E-state index contributed by atoms with van der Waals surface area (Å²) in [5.74, 6) is -1.97. The van der Waals surface area contributed by atoms with Crippen LogP contribution in [0.3, 0.4) is 0 Å². The van der Waals surface area contributed by atoms with Crippen LogP contribution in [0.15, 0.2) is 0 Å². The molecule has 0 bridgehead atoms. The van der Waals surface area contributed by atoms with Crippen LogP contribution in [0.1, 0.15) is 44.9 Å². The Morgan fingerprint density at radius 3 is 2.44 bits per heavy atom. The van der Waals surface area contributed by atoms with E-state index in [1.54, 1.807) is 0 Å². The Balaban J connectivity index is 1.47. The van der Waals surface area contributed by atoms with Gasteiger partial charge >= 0.3 is 0 Å². The van der Waals surface area contributed by atoms with Crippen molar-refractivity contribution in [3.8, 4) is 0 Å². The molecule has 3 fully saturated rings. The Labute approximate surface area is 96.0 Å². The molecule has 3 saturated carbocycles. The first-order chi connectivity index (χ1) is 7.68. The van der Waals surface area contributed by atoms with Crippen molar-refractivity contribution >= 4 is 0 Å². The number of hydrogen-bond acceptors (Lipinski definition) is 1. The molecule has 16 heavy (non-hydrogen) atoms. The van der Waals surface area contributed by atoms with Crippen LogP contribution in [-0.4, -0.2) is 18.5 Å².